The van der Waals surface area contributed by atoms with Gasteiger partial charge in [0.15, 0.2) is 22.5 Å². The SMILES string of the molecule is COc1ccc(C=CC(=O)NCc2nnc(SCC(=O)Nc3ccc(Br)c(Cl)c3)n2C)cc1OC. The fourth-order valence-corrected chi connectivity index (χ4v) is 4.04. The minimum Gasteiger partial charge on any atom is -0.493 e. The Kier molecular flexibility index (Phi) is 9.58. The standard InChI is InChI=1S/C23H23BrClN5O4S/c1-30-20(12-26-21(31)9-5-14-4-8-18(33-2)19(10-14)34-3)28-29-23(30)35-13-22(32)27-15-6-7-16(24)17(25)11-15/h4-11H,12-13H2,1-3H3,(H,26,31)(H,27,32). The van der Waals surface area contributed by atoms with Crippen LogP contribution in [0.15, 0.2) is 52.1 Å². The van der Waals surface area contributed by atoms with Crippen LogP contribution in [0.25, 0.3) is 6.08 Å². The molecule has 0 radical (unpaired) electrons. The summed E-state index contributed by atoms with van der Waals surface area (Å²) in [5.41, 5.74) is 1.39. The number of anilines is 1. The number of nitrogens with one attached hydrogen (secondary N) is 2. The van der Waals surface area contributed by atoms with Gasteiger partial charge >= 0.3 is 0 Å². The van der Waals surface area contributed by atoms with E-state index in [9.17, 15) is 9.59 Å². The van der Waals surface area contributed by atoms with E-state index in [2.05, 4.69) is 36.8 Å². The maximum absolute atomic E-state index is 12.3. The molecule has 9 nitrogen and oxygen atoms in total. The first kappa shape index (κ1) is 26.6. The highest BCUT2D eigenvalue weighted by molar-refractivity contribution is 9.10. The van der Waals surface area contributed by atoms with Crippen molar-refractivity contribution < 1.29 is 19.1 Å². The molecule has 0 saturated heterocycles. The first-order valence-corrected chi connectivity index (χ1v) is 12.4. The number of aromatic nitrogens is 3. The lowest BCUT2D eigenvalue weighted by Crippen LogP contribution is -2.22. The van der Waals surface area contributed by atoms with Crippen LogP contribution in [0.1, 0.15) is 11.4 Å². The van der Waals surface area contributed by atoms with Crippen LogP contribution in [0.5, 0.6) is 11.5 Å². The molecular weight excluding hydrogens is 558 g/mol. The molecular formula is C23H23BrClN5O4S. The van der Waals surface area contributed by atoms with Gasteiger partial charge in [-0.25, -0.2) is 0 Å². The highest BCUT2D eigenvalue weighted by atomic mass is 79.9. The second-order valence-corrected chi connectivity index (χ2v) is 9.29. The molecule has 1 aromatic heterocycles. The van der Waals surface area contributed by atoms with Gasteiger partial charge in [-0.2, -0.15) is 0 Å². The zero-order valence-electron chi connectivity index (χ0n) is 19.2. The van der Waals surface area contributed by atoms with Gasteiger partial charge in [0.2, 0.25) is 11.8 Å². The van der Waals surface area contributed by atoms with Crippen LogP contribution in [0.3, 0.4) is 0 Å². The molecule has 0 unspecified atom stereocenters. The minimum atomic E-state index is -0.287. The lowest BCUT2D eigenvalue weighted by atomic mass is 10.2. The molecule has 1 heterocycles. The molecule has 0 fully saturated rings. The van der Waals surface area contributed by atoms with Crippen molar-refractivity contribution in [3.63, 3.8) is 0 Å². The lowest BCUT2D eigenvalue weighted by Gasteiger charge is -2.07. The van der Waals surface area contributed by atoms with Gasteiger partial charge in [0.25, 0.3) is 0 Å². The first-order chi connectivity index (χ1) is 16.8. The summed E-state index contributed by atoms with van der Waals surface area (Å²) in [7, 11) is 4.89. The van der Waals surface area contributed by atoms with E-state index in [0.717, 1.165) is 10.0 Å². The van der Waals surface area contributed by atoms with Crippen LogP contribution in [0, 0.1) is 0 Å². The number of rotatable bonds is 10. The predicted octanol–water partition coefficient (Wildman–Crippen LogP) is 4.31. The first-order valence-electron chi connectivity index (χ1n) is 10.2. The molecule has 0 aliphatic heterocycles. The van der Waals surface area contributed by atoms with Crippen molar-refractivity contribution >= 4 is 62.9 Å². The van der Waals surface area contributed by atoms with E-state index < -0.39 is 0 Å². The number of amides is 2. The topological polar surface area (TPSA) is 107 Å². The van der Waals surface area contributed by atoms with E-state index in [1.165, 1.54) is 17.8 Å². The highest BCUT2D eigenvalue weighted by Crippen LogP contribution is 2.28. The maximum atomic E-state index is 12.3. The second kappa shape index (κ2) is 12.6. The Hall–Kier alpha value is -3.02. The Bertz CT molecular complexity index is 1250. The summed E-state index contributed by atoms with van der Waals surface area (Å²) in [6, 6.07) is 10.5. The summed E-state index contributed by atoms with van der Waals surface area (Å²) in [6.45, 7) is 0.183. The molecule has 0 aliphatic rings. The highest BCUT2D eigenvalue weighted by Gasteiger charge is 2.13. The van der Waals surface area contributed by atoms with Crippen LogP contribution in [-0.4, -0.2) is 46.6 Å². The van der Waals surface area contributed by atoms with Gasteiger partial charge in [-0.15, -0.1) is 10.2 Å². The van der Waals surface area contributed by atoms with Gasteiger partial charge in [0.1, 0.15) is 0 Å². The third-order valence-corrected chi connectivity index (χ3v) is 6.97. The normalized spacial score (nSPS) is 10.9. The van der Waals surface area contributed by atoms with Gasteiger partial charge in [0, 0.05) is 23.3 Å². The number of ether oxygens (including phenoxy) is 2. The second-order valence-electron chi connectivity index (χ2n) is 7.09. The van der Waals surface area contributed by atoms with Gasteiger partial charge in [-0.1, -0.05) is 29.4 Å². The number of nitrogens with zero attached hydrogens (tertiary/aromatic N) is 3. The number of benzene rings is 2. The summed E-state index contributed by atoms with van der Waals surface area (Å²) in [5, 5.41) is 14.8. The van der Waals surface area contributed by atoms with Gasteiger partial charge in [0.05, 0.1) is 31.5 Å². The average Bonchev–Trinajstić information content (AvgIpc) is 3.21. The van der Waals surface area contributed by atoms with Gasteiger partial charge in [-0.05, 0) is 57.9 Å². The fraction of sp³-hybridized carbons (Fsp3) is 0.217. The van der Waals surface area contributed by atoms with Crippen molar-refractivity contribution in [2.24, 2.45) is 7.05 Å². The van der Waals surface area contributed by atoms with Crippen molar-refractivity contribution in [3.05, 3.63) is 63.4 Å². The molecule has 0 spiro atoms. The Morgan fingerprint density at radius 3 is 2.63 bits per heavy atom. The summed E-state index contributed by atoms with van der Waals surface area (Å²) in [6.07, 6.45) is 3.10. The smallest absolute Gasteiger partial charge is 0.244 e. The summed E-state index contributed by atoms with van der Waals surface area (Å²) in [4.78, 5) is 24.5. The number of halogens is 2. The van der Waals surface area contributed by atoms with Crippen LogP contribution < -0.4 is 20.1 Å². The Balaban J connectivity index is 1.49. The zero-order valence-corrected chi connectivity index (χ0v) is 22.3. The van der Waals surface area contributed by atoms with E-state index in [-0.39, 0.29) is 24.1 Å². The molecule has 2 aromatic carbocycles. The third-order valence-electron chi connectivity index (χ3n) is 4.72. The lowest BCUT2D eigenvalue weighted by molar-refractivity contribution is -0.116. The molecule has 0 aliphatic carbocycles. The van der Waals surface area contributed by atoms with E-state index in [1.54, 1.807) is 62.2 Å². The quantitative estimate of drug-likeness (QED) is 0.272. The molecule has 184 valence electrons. The monoisotopic (exact) mass is 579 g/mol. The molecule has 3 aromatic rings. The van der Waals surface area contributed by atoms with Crippen molar-refractivity contribution in [3.8, 4) is 11.5 Å². The van der Waals surface area contributed by atoms with Crippen molar-refractivity contribution in [1.29, 1.82) is 0 Å². The van der Waals surface area contributed by atoms with Crippen molar-refractivity contribution in [2.75, 3.05) is 25.3 Å². The Morgan fingerprint density at radius 1 is 1.14 bits per heavy atom. The largest absolute Gasteiger partial charge is 0.493 e. The number of carbonyl (C=O) groups excluding carboxylic acids is 2. The van der Waals surface area contributed by atoms with Gasteiger partial charge in [-0.3, -0.25) is 9.59 Å². The summed E-state index contributed by atoms with van der Waals surface area (Å²) >= 11 is 10.6. The number of methoxy groups -OCH3 is 2. The molecule has 3 rings (SSSR count). The number of thioether (sulfide) groups is 1. The Labute approximate surface area is 220 Å². The molecule has 0 atom stereocenters. The van der Waals surface area contributed by atoms with E-state index in [1.807, 2.05) is 6.07 Å². The van der Waals surface area contributed by atoms with Crippen molar-refractivity contribution in [2.45, 2.75) is 11.7 Å². The predicted molar refractivity (Wildman–Crippen MR) is 140 cm³/mol. The van der Waals surface area contributed by atoms with Crippen LogP contribution >= 0.6 is 39.3 Å². The minimum absolute atomic E-state index is 0.139. The van der Waals surface area contributed by atoms with Crippen LogP contribution in [0.2, 0.25) is 5.02 Å². The molecule has 0 bridgehead atoms. The van der Waals surface area contributed by atoms with Crippen LogP contribution in [-0.2, 0) is 23.2 Å². The maximum Gasteiger partial charge on any atom is 0.244 e. The van der Waals surface area contributed by atoms with E-state index in [0.29, 0.717) is 33.2 Å². The molecule has 2 amide bonds. The summed E-state index contributed by atoms with van der Waals surface area (Å²) in [5.74, 6) is 1.39. The number of hydrogen-bond acceptors (Lipinski definition) is 7. The average molecular weight is 581 g/mol. The van der Waals surface area contributed by atoms with Gasteiger partial charge < -0.3 is 24.7 Å². The van der Waals surface area contributed by atoms with E-state index >= 15 is 0 Å². The molecule has 35 heavy (non-hydrogen) atoms. The number of hydrogen-bond donors (Lipinski definition) is 2. The van der Waals surface area contributed by atoms with Crippen molar-refractivity contribution in [1.82, 2.24) is 20.1 Å². The Morgan fingerprint density at radius 2 is 1.91 bits per heavy atom. The molecule has 12 heteroatoms. The van der Waals surface area contributed by atoms with Crippen LogP contribution in [0.4, 0.5) is 5.69 Å². The number of carbonyl (C=O) groups is 2. The third kappa shape index (κ3) is 7.48. The fourth-order valence-electron chi connectivity index (χ4n) is 2.88. The zero-order chi connectivity index (χ0) is 25.4. The van der Waals surface area contributed by atoms with E-state index in [4.69, 9.17) is 21.1 Å². The summed E-state index contributed by atoms with van der Waals surface area (Å²) < 4.78 is 13.0. The molecule has 0 saturated carbocycles. The molecule has 2 N–H and O–H groups in total.